The Morgan fingerprint density at radius 1 is 1.53 bits per heavy atom. The standard InChI is InChI=1S/C11H9N3O/c1-7(15)8-3-4-9-10(6-12)13-14(2)11(9)5-8/h3-5H,1-2H3. The van der Waals surface area contributed by atoms with Crippen molar-refractivity contribution in [3.63, 3.8) is 0 Å². The van der Waals surface area contributed by atoms with Crippen LogP contribution in [0.25, 0.3) is 10.9 Å². The van der Waals surface area contributed by atoms with Gasteiger partial charge in [-0.15, -0.1) is 0 Å². The van der Waals surface area contributed by atoms with E-state index in [4.69, 9.17) is 5.26 Å². The summed E-state index contributed by atoms with van der Waals surface area (Å²) in [5, 5.41) is 13.7. The Morgan fingerprint density at radius 2 is 2.27 bits per heavy atom. The van der Waals surface area contributed by atoms with Gasteiger partial charge in [-0.05, 0) is 19.1 Å². The molecule has 1 aromatic carbocycles. The monoisotopic (exact) mass is 199 g/mol. The molecule has 0 amide bonds. The number of aryl methyl sites for hydroxylation is 1. The Bertz CT molecular complexity index is 590. The van der Waals surface area contributed by atoms with Crippen molar-refractivity contribution in [2.75, 3.05) is 0 Å². The number of hydrogen-bond donors (Lipinski definition) is 0. The Kier molecular flexibility index (Phi) is 2.01. The third kappa shape index (κ3) is 1.38. The molecule has 0 spiro atoms. The van der Waals surface area contributed by atoms with E-state index in [-0.39, 0.29) is 5.78 Å². The van der Waals surface area contributed by atoms with Crippen LogP contribution in [0.4, 0.5) is 0 Å². The zero-order valence-corrected chi connectivity index (χ0v) is 8.48. The number of aromatic nitrogens is 2. The quantitative estimate of drug-likeness (QED) is 0.656. The first-order chi connectivity index (χ1) is 7.13. The van der Waals surface area contributed by atoms with E-state index in [1.807, 2.05) is 6.07 Å². The summed E-state index contributed by atoms with van der Waals surface area (Å²) in [5.74, 6) is 0.0107. The van der Waals surface area contributed by atoms with E-state index in [1.165, 1.54) is 6.92 Å². The Morgan fingerprint density at radius 3 is 2.87 bits per heavy atom. The highest BCUT2D eigenvalue weighted by Crippen LogP contribution is 2.19. The van der Waals surface area contributed by atoms with Gasteiger partial charge in [0.2, 0.25) is 0 Å². The van der Waals surface area contributed by atoms with Gasteiger partial charge in [0.25, 0.3) is 0 Å². The summed E-state index contributed by atoms with van der Waals surface area (Å²) in [7, 11) is 1.76. The summed E-state index contributed by atoms with van der Waals surface area (Å²) >= 11 is 0. The average molecular weight is 199 g/mol. The molecule has 0 aliphatic carbocycles. The molecule has 0 bridgehead atoms. The van der Waals surface area contributed by atoms with Crippen LogP contribution in [0.5, 0.6) is 0 Å². The van der Waals surface area contributed by atoms with Crippen LogP contribution >= 0.6 is 0 Å². The molecule has 0 unspecified atom stereocenters. The first-order valence-corrected chi connectivity index (χ1v) is 4.51. The van der Waals surface area contributed by atoms with Crippen LogP contribution in [0.15, 0.2) is 18.2 Å². The Hall–Kier alpha value is -2.15. The van der Waals surface area contributed by atoms with Crippen molar-refractivity contribution < 1.29 is 4.79 Å². The predicted molar refractivity (Wildman–Crippen MR) is 55.4 cm³/mol. The van der Waals surface area contributed by atoms with E-state index in [1.54, 1.807) is 29.9 Å². The maximum absolute atomic E-state index is 11.2. The number of benzene rings is 1. The van der Waals surface area contributed by atoms with Crippen LogP contribution in [0.2, 0.25) is 0 Å². The number of rotatable bonds is 1. The minimum absolute atomic E-state index is 0.0107. The normalized spacial score (nSPS) is 10.2. The fraction of sp³-hybridized carbons (Fsp3) is 0.182. The van der Waals surface area contributed by atoms with Crippen molar-refractivity contribution in [2.45, 2.75) is 6.92 Å². The van der Waals surface area contributed by atoms with Crippen LogP contribution in [0.3, 0.4) is 0 Å². The second-order valence-electron chi connectivity index (χ2n) is 3.37. The van der Waals surface area contributed by atoms with Gasteiger partial charge in [-0.1, -0.05) is 6.07 Å². The minimum Gasteiger partial charge on any atom is -0.295 e. The van der Waals surface area contributed by atoms with E-state index >= 15 is 0 Å². The summed E-state index contributed by atoms with van der Waals surface area (Å²) in [4.78, 5) is 11.2. The SMILES string of the molecule is CC(=O)c1ccc2c(C#N)nn(C)c2c1. The molecule has 1 heterocycles. The molecule has 0 N–H and O–H groups in total. The van der Waals surface area contributed by atoms with Crippen LogP contribution in [0.1, 0.15) is 23.0 Å². The molecule has 1 aromatic heterocycles. The lowest BCUT2D eigenvalue weighted by atomic mass is 10.1. The molecule has 0 aliphatic rings. The maximum Gasteiger partial charge on any atom is 0.170 e. The lowest BCUT2D eigenvalue weighted by molar-refractivity contribution is 0.101. The van der Waals surface area contributed by atoms with Gasteiger partial charge in [0, 0.05) is 18.0 Å². The zero-order valence-electron chi connectivity index (χ0n) is 8.48. The highest BCUT2D eigenvalue weighted by molar-refractivity contribution is 5.98. The summed E-state index contributed by atoms with van der Waals surface area (Å²) in [6.07, 6.45) is 0. The fourth-order valence-corrected chi connectivity index (χ4v) is 1.56. The molecule has 74 valence electrons. The number of nitrogens with zero attached hydrogens (tertiary/aromatic N) is 3. The number of hydrogen-bond acceptors (Lipinski definition) is 3. The van der Waals surface area contributed by atoms with Crippen LogP contribution in [-0.4, -0.2) is 15.6 Å². The number of Topliss-reactive ketones (excluding diaryl/α,β-unsaturated/α-hetero) is 1. The van der Waals surface area contributed by atoms with Crippen LogP contribution in [-0.2, 0) is 7.05 Å². The van der Waals surface area contributed by atoms with E-state index in [0.717, 1.165) is 10.9 Å². The molecule has 0 atom stereocenters. The number of nitriles is 1. The van der Waals surface area contributed by atoms with Gasteiger partial charge in [0.1, 0.15) is 6.07 Å². The largest absolute Gasteiger partial charge is 0.295 e. The minimum atomic E-state index is 0.0107. The van der Waals surface area contributed by atoms with Crippen LogP contribution in [0, 0.1) is 11.3 Å². The molecule has 2 aromatic rings. The van der Waals surface area contributed by atoms with Gasteiger partial charge in [-0.25, -0.2) is 0 Å². The third-order valence-corrected chi connectivity index (χ3v) is 2.36. The second kappa shape index (κ2) is 3.21. The van der Waals surface area contributed by atoms with E-state index in [0.29, 0.717) is 11.3 Å². The number of ketones is 1. The van der Waals surface area contributed by atoms with Gasteiger partial charge in [-0.3, -0.25) is 9.48 Å². The lowest BCUT2D eigenvalue weighted by Crippen LogP contribution is -1.93. The van der Waals surface area contributed by atoms with Gasteiger partial charge in [0.05, 0.1) is 5.52 Å². The number of carbonyl (C=O) groups is 1. The first-order valence-electron chi connectivity index (χ1n) is 4.51. The van der Waals surface area contributed by atoms with Crippen LogP contribution < -0.4 is 0 Å². The molecule has 2 rings (SSSR count). The Balaban J connectivity index is 2.79. The van der Waals surface area contributed by atoms with Gasteiger partial charge in [0.15, 0.2) is 11.5 Å². The van der Waals surface area contributed by atoms with Crippen molar-refractivity contribution in [1.29, 1.82) is 5.26 Å². The smallest absolute Gasteiger partial charge is 0.170 e. The summed E-state index contributed by atoms with van der Waals surface area (Å²) < 4.78 is 1.61. The molecule has 4 heteroatoms. The average Bonchev–Trinajstić information content (AvgIpc) is 2.55. The lowest BCUT2D eigenvalue weighted by Gasteiger charge is -1.97. The second-order valence-corrected chi connectivity index (χ2v) is 3.37. The van der Waals surface area contributed by atoms with Crippen molar-refractivity contribution in [3.8, 4) is 6.07 Å². The van der Waals surface area contributed by atoms with Crippen molar-refractivity contribution in [3.05, 3.63) is 29.5 Å². The first kappa shape index (κ1) is 9.41. The topological polar surface area (TPSA) is 58.7 Å². The van der Waals surface area contributed by atoms with Crippen molar-refractivity contribution >= 4 is 16.7 Å². The molecular weight excluding hydrogens is 190 g/mol. The highest BCUT2D eigenvalue weighted by Gasteiger charge is 2.09. The summed E-state index contributed by atoms with van der Waals surface area (Å²) in [5.41, 5.74) is 1.83. The molecule has 0 radical (unpaired) electrons. The number of carbonyl (C=O) groups excluding carboxylic acids is 1. The molecule has 0 fully saturated rings. The molecule has 0 aliphatic heterocycles. The third-order valence-electron chi connectivity index (χ3n) is 2.36. The predicted octanol–water partition coefficient (Wildman–Crippen LogP) is 1.65. The van der Waals surface area contributed by atoms with E-state index < -0.39 is 0 Å². The summed E-state index contributed by atoms with van der Waals surface area (Å²) in [6, 6.07) is 7.26. The highest BCUT2D eigenvalue weighted by atomic mass is 16.1. The van der Waals surface area contributed by atoms with Gasteiger partial charge < -0.3 is 0 Å². The zero-order chi connectivity index (χ0) is 11.0. The molecule has 15 heavy (non-hydrogen) atoms. The summed E-state index contributed by atoms with van der Waals surface area (Å²) in [6.45, 7) is 1.52. The number of fused-ring (bicyclic) bond motifs is 1. The molecule has 0 saturated carbocycles. The molecular formula is C11H9N3O. The molecule has 0 saturated heterocycles. The van der Waals surface area contributed by atoms with Gasteiger partial charge in [-0.2, -0.15) is 10.4 Å². The van der Waals surface area contributed by atoms with E-state index in [9.17, 15) is 4.79 Å². The Labute approximate surface area is 86.7 Å². The fourth-order valence-electron chi connectivity index (χ4n) is 1.56. The molecule has 4 nitrogen and oxygen atoms in total. The van der Waals surface area contributed by atoms with Crippen molar-refractivity contribution in [2.24, 2.45) is 7.05 Å². The van der Waals surface area contributed by atoms with Crippen molar-refractivity contribution in [1.82, 2.24) is 9.78 Å². The maximum atomic E-state index is 11.2. The van der Waals surface area contributed by atoms with E-state index in [2.05, 4.69) is 5.10 Å². The van der Waals surface area contributed by atoms with Gasteiger partial charge >= 0.3 is 0 Å².